The summed E-state index contributed by atoms with van der Waals surface area (Å²) in [5.74, 6) is 0.228. The lowest BCUT2D eigenvalue weighted by Crippen LogP contribution is -2.18. The van der Waals surface area contributed by atoms with Gasteiger partial charge in [-0.05, 0) is 24.3 Å². The van der Waals surface area contributed by atoms with Crippen molar-refractivity contribution in [3.8, 4) is 0 Å². The first kappa shape index (κ1) is 14.6. The zero-order chi connectivity index (χ0) is 16.2. The molecule has 2 aromatic carbocycles. The Balaban J connectivity index is 1.94. The number of rotatable bonds is 3. The number of hydroxylamine groups is 1. The molecule has 3 aromatic rings. The Labute approximate surface area is 132 Å². The van der Waals surface area contributed by atoms with Crippen LogP contribution >= 0.6 is 0 Å². The van der Waals surface area contributed by atoms with E-state index in [4.69, 9.17) is 16.4 Å². The van der Waals surface area contributed by atoms with Crippen LogP contribution in [0.4, 0.5) is 17.2 Å². The van der Waals surface area contributed by atoms with Crippen molar-refractivity contribution in [2.75, 3.05) is 5.73 Å². The number of aromatic nitrogens is 1. The second kappa shape index (κ2) is 6.20. The first-order valence-electron chi connectivity index (χ1n) is 6.83. The van der Waals surface area contributed by atoms with Crippen molar-refractivity contribution in [3.63, 3.8) is 0 Å². The molecule has 0 unspecified atom stereocenters. The summed E-state index contributed by atoms with van der Waals surface area (Å²) in [6, 6.07) is 14.4. The molecule has 0 aliphatic carbocycles. The minimum atomic E-state index is -0.0870. The standard InChI is InChI=1S/C16H14N6O/c17-15(22-23)10-5-7-12(8-6-10)20-21-14-13-4-2-1-3-11(13)9-19-16(14)18/h1-9,23H,(H2,17,22)(H2,18,19)/b21-20+. The highest BCUT2D eigenvalue weighted by Crippen LogP contribution is 2.31. The summed E-state index contributed by atoms with van der Waals surface area (Å²) in [4.78, 5) is 4.13. The molecule has 0 atom stereocenters. The fourth-order valence-corrected chi connectivity index (χ4v) is 2.14. The van der Waals surface area contributed by atoms with E-state index in [2.05, 4.69) is 15.2 Å². The Bertz CT molecular complexity index is 889. The number of fused-ring (bicyclic) bond motifs is 1. The van der Waals surface area contributed by atoms with E-state index in [1.165, 1.54) is 0 Å². The normalized spacial score (nSPS) is 11.0. The van der Waals surface area contributed by atoms with E-state index in [-0.39, 0.29) is 5.84 Å². The molecule has 0 amide bonds. The molecule has 0 saturated heterocycles. The highest BCUT2D eigenvalue weighted by Gasteiger charge is 2.06. The van der Waals surface area contributed by atoms with Crippen LogP contribution in [0.5, 0.6) is 0 Å². The lowest BCUT2D eigenvalue weighted by atomic mass is 10.1. The number of nitrogens with one attached hydrogen (secondary N) is 2. The van der Waals surface area contributed by atoms with Crippen molar-refractivity contribution in [1.82, 2.24) is 10.5 Å². The number of nitrogens with zero attached hydrogens (tertiary/aromatic N) is 3. The predicted molar refractivity (Wildman–Crippen MR) is 88.5 cm³/mol. The molecule has 114 valence electrons. The monoisotopic (exact) mass is 306 g/mol. The number of benzene rings is 2. The summed E-state index contributed by atoms with van der Waals surface area (Å²) in [6.45, 7) is 0. The molecule has 1 heterocycles. The van der Waals surface area contributed by atoms with Gasteiger partial charge >= 0.3 is 0 Å². The molecule has 3 rings (SSSR count). The number of hydrogen-bond donors (Lipinski definition) is 4. The zero-order valence-electron chi connectivity index (χ0n) is 12.1. The molecule has 0 radical (unpaired) electrons. The molecule has 0 saturated carbocycles. The van der Waals surface area contributed by atoms with Gasteiger partial charge in [-0.15, -0.1) is 5.11 Å². The van der Waals surface area contributed by atoms with E-state index in [0.29, 0.717) is 22.8 Å². The molecule has 0 aliphatic rings. The van der Waals surface area contributed by atoms with Crippen molar-refractivity contribution in [3.05, 3.63) is 60.3 Å². The van der Waals surface area contributed by atoms with Crippen LogP contribution in [0.2, 0.25) is 0 Å². The van der Waals surface area contributed by atoms with Gasteiger partial charge in [0.15, 0.2) is 5.82 Å². The fourth-order valence-electron chi connectivity index (χ4n) is 2.14. The van der Waals surface area contributed by atoms with Crippen LogP contribution in [-0.4, -0.2) is 16.0 Å². The molecule has 7 nitrogen and oxygen atoms in total. The third-order valence-electron chi connectivity index (χ3n) is 3.33. The van der Waals surface area contributed by atoms with E-state index in [9.17, 15) is 0 Å². The Morgan fingerprint density at radius 1 is 1.09 bits per heavy atom. The van der Waals surface area contributed by atoms with Gasteiger partial charge < -0.3 is 5.73 Å². The van der Waals surface area contributed by atoms with Crippen molar-refractivity contribution < 1.29 is 5.21 Å². The summed E-state index contributed by atoms with van der Waals surface area (Å²) < 4.78 is 0. The average molecular weight is 306 g/mol. The van der Waals surface area contributed by atoms with E-state index < -0.39 is 0 Å². The van der Waals surface area contributed by atoms with Crippen LogP contribution < -0.4 is 11.2 Å². The van der Waals surface area contributed by atoms with Gasteiger partial charge in [-0.2, -0.15) is 5.11 Å². The van der Waals surface area contributed by atoms with Crippen molar-refractivity contribution in [2.45, 2.75) is 0 Å². The van der Waals surface area contributed by atoms with Gasteiger partial charge in [0.2, 0.25) is 0 Å². The Hall–Kier alpha value is -3.32. The van der Waals surface area contributed by atoms with Crippen LogP contribution in [0.3, 0.4) is 0 Å². The van der Waals surface area contributed by atoms with Crippen LogP contribution in [0.1, 0.15) is 5.56 Å². The molecule has 0 spiro atoms. The number of pyridine rings is 1. The minimum Gasteiger partial charge on any atom is -0.382 e. The van der Waals surface area contributed by atoms with Gasteiger partial charge in [0.05, 0.1) is 5.69 Å². The lowest BCUT2D eigenvalue weighted by Gasteiger charge is -2.04. The maximum Gasteiger partial charge on any atom is 0.151 e. The smallest absolute Gasteiger partial charge is 0.151 e. The number of azo groups is 1. The largest absolute Gasteiger partial charge is 0.382 e. The predicted octanol–water partition coefficient (Wildman–Crippen LogP) is 3.54. The number of hydrogen-bond acceptors (Lipinski definition) is 6. The maximum absolute atomic E-state index is 8.70. The maximum atomic E-state index is 8.70. The number of amidine groups is 1. The molecule has 23 heavy (non-hydrogen) atoms. The Kier molecular flexibility index (Phi) is 3.94. The SMILES string of the molecule is N=C(NO)c1ccc(/N=N/c2c(N)ncc3ccccc23)cc1. The van der Waals surface area contributed by atoms with E-state index in [1.54, 1.807) is 35.9 Å². The highest BCUT2D eigenvalue weighted by atomic mass is 16.5. The fraction of sp³-hybridized carbons (Fsp3) is 0. The van der Waals surface area contributed by atoms with Crippen molar-refractivity contribution in [2.24, 2.45) is 10.2 Å². The van der Waals surface area contributed by atoms with Gasteiger partial charge in [0.25, 0.3) is 0 Å². The van der Waals surface area contributed by atoms with Gasteiger partial charge in [0.1, 0.15) is 11.5 Å². The molecule has 0 fully saturated rings. The summed E-state index contributed by atoms with van der Waals surface area (Å²) >= 11 is 0. The summed E-state index contributed by atoms with van der Waals surface area (Å²) in [7, 11) is 0. The van der Waals surface area contributed by atoms with Gasteiger partial charge in [-0.3, -0.25) is 16.1 Å². The number of anilines is 1. The number of nitrogen functional groups attached to an aromatic ring is 1. The molecule has 1 aromatic heterocycles. The van der Waals surface area contributed by atoms with Crippen LogP contribution in [-0.2, 0) is 0 Å². The molecular formula is C16H14N6O. The van der Waals surface area contributed by atoms with Crippen LogP contribution in [0.25, 0.3) is 10.8 Å². The topological polar surface area (TPSA) is 120 Å². The zero-order valence-corrected chi connectivity index (χ0v) is 12.1. The average Bonchev–Trinajstić information content (AvgIpc) is 2.60. The lowest BCUT2D eigenvalue weighted by molar-refractivity contribution is 0.234. The second-order valence-corrected chi connectivity index (χ2v) is 4.81. The van der Waals surface area contributed by atoms with E-state index >= 15 is 0 Å². The summed E-state index contributed by atoms with van der Waals surface area (Å²) in [6.07, 6.45) is 1.70. The molecule has 0 bridgehead atoms. The second-order valence-electron chi connectivity index (χ2n) is 4.81. The summed E-state index contributed by atoms with van der Waals surface area (Å²) in [5.41, 5.74) is 9.36. The van der Waals surface area contributed by atoms with Gasteiger partial charge in [0, 0.05) is 22.5 Å². The third kappa shape index (κ3) is 2.99. The van der Waals surface area contributed by atoms with Crippen molar-refractivity contribution >= 4 is 33.8 Å². The van der Waals surface area contributed by atoms with Crippen LogP contribution in [0, 0.1) is 5.41 Å². The number of nitrogens with two attached hydrogens (primary N) is 1. The molecule has 0 aliphatic heterocycles. The van der Waals surface area contributed by atoms with Gasteiger partial charge in [-0.25, -0.2) is 4.98 Å². The first-order chi connectivity index (χ1) is 11.2. The van der Waals surface area contributed by atoms with Crippen molar-refractivity contribution in [1.29, 1.82) is 5.41 Å². The van der Waals surface area contributed by atoms with Gasteiger partial charge in [-0.1, -0.05) is 24.3 Å². The highest BCUT2D eigenvalue weighted by molar-refractivity contribution is 5.96. The van der Waals surface area contributed by atoms with E-state index in [1.807, 2.05) is 24.3 Å². The minimum absolute atomic E-state index is 0.0870. The Morgan fingerprint density at radius 2 is 1.83 bits per heavy atom. The summed E-state index contributed by atoms with van der Waals surface area (Å²) in [5, 5.41) is 26.4. The molecule has 7 heteroatoms. The van der Waals surface area contributed by atoms with Crippen LogP contribution in [0.15, 0.2) is 65.0 Å². The quantitative estimate of drug-likeness (QED) is 0.256. The molecular weight excluding hydrogens is 292 g/mol. The van der Waals surface area contributed by atoms with E-state index in [0.717, 1.165) is 10.8 Å². The molecule has 5 N–H and O–H groups in total. The first-order valence-corrected chi connectivity index (χ1v) is 6.83. The third-order valence-corrected chi connectivity index (χ3v) is 3.33. The Morgan fingerprint density at radius 3 is 2.57 bits per heavy atom.